The van der Waals surface area contributed by atoms with E-state index in [0.717, 1.165) is 6.54 Å². The van der Waals surface area contributed by atoms with Crippen molar-refractivity contribution in [2.75, 3.05) is 13.1 Å². The maximum absolute atomic E-state index is 11.9. The lowest BCUT2D eigenvalue weighted by atomic mass is 10.1. The molecule has 1 saturated heterocycles. The van der Waals surface area contributed by atoms with Crippen molar-refractivity contribution in [1.29, 1.82) is 0 Å². The minimum absolute atomic E-state index is 0.248. The molecule has 3 heteroatoms. The molecule has 3 nitrogen and oxygen atoms in total. The maximum atomic E-state index is 11.9. The average molecular weight is 275 g/mol. The van der Waals surface area contributed by atoms with Gasteiger partial charge in [0.05, 0.1) is 5.56 Å². The minimum Gasteiger partial charge on any atom is -0.456 e. The van der Waals surface area contributed by atoms with Crippen LogP contribution in [0.4, 0.5) is 0 Å². The van der Waals surface area contributed by atoms with Crippen LogP contribution in [0.15, 0.2) is 24.3 Å². The second kappa shape index (κ2) is 6.40. The molecule has 110 valence electrons. The van der Waals surface area contributed by atoms with E-state index in [1.165, 1.54) is 37.9 Å². The van der Waals surface area contributed by atoms with Gasteiger partial charge in [0.15, 0.2) is 0 Å². The summed E-state index contributed by atoms with van der Waals surface area (Å²) in [6.45, 7) is 9.01. The number of esters is 1. The van der Waals surface area contributed by atoms with Crippen molar-refractivity contribution in [3.05, 3.63) is 35.4 Å². The molecule has 1 fully saturated rings. The number of carbonyl (C=O) groups is 1. The molecule has 1 heterocycles. The van der Waals surface area contributed by atoms with Gasteiger partial charge in [0.2, 0.25) is 0 Å². The molecule has 0 spiro atoms. The van der Waals surface area contributed by atoms with Crippen molar-refractivity contribution in [1.82, 2.24) is 4.90 Å². The first kappa shape index (κ1) is 15.0. The number of hydrogen-bond donors (Lipinski definition) is 0. The van der Waals surface area contributed by atoms with Gasteiger partial charge in [0, 0.05) is 6.54 Å². The number of ether oxygens (including phenoxy) is 1. The average Bonchev–Trinajstić information content (AvgIpc) is 2.39. The van der Waals surface area contributed by atoms with Crippen LogP contribution in [0.3, 0.4) is 0 Å². The zero-order valence-corrected chi connectivity index (χ0v) is 12.8. The Bertz CT molecular complexity index is 439. The van der Waals surface area contributed by atoms with Gasteiger partial charge in [-0.1, -0.05) is 18.6 Å². The van der Waals surface area contributed by atoms with Gasteiger partial charge in [-0.15, -0.1) is 0 Å². The lowest BCUT2D eigenvalue weighted by Crippen LogP contribution is -2.29. The number of benzene rings is 1. The third kappa shape index (κ3) is 4.64. The summed E-state index contributed by atoms with van der Waals surface area (Å²) in [4.78, 5) is 14.4. The van der Waals surface area contributed by atoms with Crippen molar-refractivity contribution in [2.24, 2.45) is 0 Å². The van der Waals surface area contributed by atoms with E-state index in [4.69, 9.17) is 4.74 Å². The molecule has 0 N–H and O–H groups in total. The van der Waals surface area contributed by atoms with E-state index in [-0.39, 0.29) is 5.97 Å². The highest BCUT2D eigenvalue weighted by Crippen LogP contribution is 2.15. The van der Waals surface area contributed by atoms with Gasteiger partial charge >= 0.3 is 5.97 Å². The Kier molecular flexibility index (Phi) is 4.81. The Morgan fingerprint density at radius 2 is 1.70 bits per heavy atom. The predicted octanol–water partition coefficient (Wildman–Crippen LogP) is 3.63. The first-order valence-corrected chi connectivity index (χ1v) is 7.49. The highest BCUT2D eigenvalue weighted by molar-refractivity contribution is 5.89. The Labute approximate surface area is 121 Å². The lowest BCUT2D eigenvalue weighted by Gasteiger charge is -2.26. The Morgan fingerprint density at radius 1 is 1.10 bits per heavy atom. The maximum Gasteiger partial charge on any atom is 0.338 e. The molecular formula is C17H25NO2. The number of hydrogen-bond acceptors (Lipinski definition) is 3. The smallest absolute Gasteiger partial charge is 0.338 e. The molecule has 1 aromatic rings. The molecule has 2 rings (SSSR count). The molecule has 0 bridgehead atoms. The normalized spacial score (nSPS) is 16.9. The van der Waals surface area contributed by atoms with Gasteiger partial charge in [-0.05, 0) is 64.4 Å². The standard InChI is InChI=1S/C17H25NO2/c1-17(2,3)20-16(19)15-9-7-14(8-10-15)13-18-11-5-4-6-12-18/h7-10H,4-6,11-13H2,1-3H3. The van der Waals surface area contributed by atoms with Crippen LogP contribution in [-0.2, 0) is 11.3 Å². The van der Waals surface area contributed by atoms with Crippen LogP contribution in [0.1, 0.15) is 56.0 Å². The van der Waals surface area contributed by atoms with Crippen molar-refractivity contribution in [3.8, 4) is 0 Å². The topological polar surface area (TPSA) is 29.5 Å². The number of nitrogens with zero attached hydrogens (tertiary/aromatic N) is 1. The molecule has 1 aromatic carbocycles. The van der Waals surface area contributed by atoms with Crippen LogP contribution >= 0.6 is 0 Å². The van der Waals surface area contributed by atoms with E-state index in [2.05, 4.69) is 4.90 Å². The number of carbonyl (C=O) groups excluding carboxylic acids is 1. The van der Waals surface area contributed by atoms with Gasteiger partial charge in [-0.25, -0.2) is 4.79 Å². The van der Waals surface area contributed by atoms with Crippen LogP contribution in [0.25, 0.3) is 0 Å². The molecule has 0 saturated carbocycles. The molecule has 0 amide bonds. The third-order valence-electron chi connectivity index (χ3n) is 3.44. The fraction of sp³-hybridized carbons (Fsp3) is 0.588. The molecule has 20 heavy (non-hydrogen) atoms. The summed E-state index contributed by atoms with van der Waals surface area (Å²) in [5.74, 6) is -0.248. The fourth-order valence-corrected chi connectivity index (χ4v) is 2.46. The van der Waals surface area contributed by atoms with Crippen molar-refractivity contribution < 1.29 is 9.53 Å². The Balaban J connectivity index is 1.93. The van der Waals surface area contributed by atoms with E-state index >= 15 is 0 Å². The summed E-state index contributed by atoms with van der Waals surface area (Å²) in [5.41, 5.74) is 1.45. The SMILES string of the molecule is CC(C)(C)OC(=O)c1ccc(CN2CCCCC2)cc1. The van der Waals surface area contributed by atoms with Crippen molar-refractivity contribution in [3.63, 3.8) is 0 Å². The minimum atomic E-state index is -0.441. The summed E-state index contributed by atoms with van der Waals surface area (Å²) in [6.07, 6.45) is 3.96. The van der Waals surface area contributed by atoms with Crippen molar-refractivity contribution >= 4 is 5.97 Å². The first-order chi connectivity index (χ1) is 9.44. The number of rotatable bonds is 3. The summed E-state index contributed by atoms with van der Waals surface area (Å²) >= 11 is 0. The van der Waals surface area contributed by atoms with Crippen molar-refractivity contribution in [2.45, 2.75) is 52.2 Å². The predicted molar refractivity (Wildman–Crippen MR) is 80.7 cm³/mol. The largest absolute Gasteiger partial charge is 0.456 e. The highest BCUT2D eigenvalue weighted by atomic mass is 16.6. The molecule has 0 radical (unpaired) electrons. The summed E-state index contributed by atoms with van der Waals surface area (Å²) < 4.78 is 5.36. The Hall–Kier alpha value is -1.35. The van der Waals surface area contributed by atoms with Gasteiger partial charge in [-0.2, -0.15) is 0 Å². The summed E-state index contributed by atoms with van der Waals surface area (Å²) in [6, 6.07) is 7.81. The zero-order valence-electron chi connectivity index (χ0n) is 12.8. The van der Waals surface area contributed by atoms with E-state index in [1.54, 1.807) is 0 Å². The second-order valence-corrected chi connectivity index (χ2v) is 6.54. The Morgan fingerprint density at radius 3 is 2.25 bits per heavy atom. The lowest BCUT2D eigenvalue weighted by molar-refractivity contribution is 0.00695. The van der Waals surface area contributed by atoms with Crippen LogP contribution in [-0.4, -0.2) is 29.6 Å². The molecule has 1 aliphatic heterocycles. The zero-order chi connectivity index (χ0) is 14.6. The van der Waals surface area contributed by atoms with E-state index in [9.17, 15) is 4.79 Å². The van der Waals surface area contributed by atoms with E-state index in [0.29, 0.717) is 5.56 Å². The van der Waals surface area contributed by atoms with Crippen LogP contribution in [0.2, 0.25) is 0 Å². The van der Waals surface area contributed by atoms with E-state index in [1.807, 2.05) is 45.0 Å². The molecular weight excluding hydrogens is 250 g/mol. The molecule has 0 unspecified atom stereocenters. The molecule has 0 atom stereocenters. The molecule has 0 aliphatic carbocycles. The van der Waals surface area contributed by atoms with Gasteiger partial charge in [-0.3, -0.25) is 4.90 Å². The highest BCUT2D eigenvalue weighted by Gasteiger charge is 2.18. The second-order valence-electron chi connectivity index (χ2n) is 6.54. The number of likely N-dealkylation sites (tertiary alicyclic amines) is 1. The quantitative estimate of drug-likeness (QED) is 0.789. The molecule has 0 aromatic heterocycles. The fourth-order valence-electron chi connectivity index (χ4n) is 2.46. The molecule has 1 aliphatic rings. The summed E-state index contributed by atoms with van der Waals surface area (Å²) in [7, 11) is 0. The van der Waals surface area contributed by atoms with E-state index < -0.39 is 5.60 Å². The van der Waals surface area contributed by atoms with Crippen LogP contribution in [0, 0.1) is 0 Å². The van der Waals surface area contributed by atoms with Gasteiger partial charge in [0.25, 0.3) is 0 Å². The van der Waals surface area contributed by atoms with Gasteiger partial charge < -0.3 is 4.74 Å². The third-order valence-corrected chi connectivity index (χ3v) is 3.44. The first-order valence-electron chi connectivity index (χ1n) is 7.49. The van der Waals surface area contributed by atoms with Gasteiger partial charge in [0.1, 0.15) is 5.60 Å². The van der Waals surface area contributed by atoms with Crippen LogP contribution in [0.5, 0.6) is 0 Å². The summed E-state index contributed by atoms with van der Waals surface area (Å²) in [5, 5.41) is 0. The monoisotopic (exact) mass is 275 g/mol. The van der Waals surface area contributed by atoms with Crippen LogP contribution < -0.4 is 0 Å². The number of piperidine rings is 1.